The molecule has 0 bridgehead atoms. The fourth-order valence-electron chi connectivity index (χ4n) is 0.899. The SMILES string of the molecule is COc1ccc(N)c(C)c1N. The summed E-state index contributed by atoms with van der Waals surface area (Å²) in [5.41, 5.74) is 13.5. The average Bonchev–Trinajstić information content (AvgIpc) is 2.01. The van der Waals surface area contributed by atoms with E-state index in [1.807, 2.05) is 6.92 Å². The standard InChI is InChI=1S/C8H12N2O/c1-5-6(9)3-4-7(11-2)8(5)10/h3-4H,9-10H2,1-2H3. The molecule has 0 aliphatic heterocycles. The van der Waals surface area contributed by atoms with Gasteiger partial charge in [0.25, 0.3) is 0 Å². The van der Waals surface area contributed by atoms with Crippen molar-refractivity contribution in [3.63, 3.8) is 0 Å². The highest BCUT2D eigenvalue weighted by Crippen LogP contribution is 2.28. The Kier molecular flexibility index (Phi) is 1.89. The van der Waals surface area contributed by atoms with Crippen molar-refractivity contribution < 1.29 is 4.74 Å². The third-order valence-electron chi connectivity index (χ3n) is 1.74. The molecule has 3 heteroatoms. The molecule has 0 spiro atoms. The molecule has 4 N–H and O–H groups in total. The Labute approximate surface area is 66.0 Å². The van der Waals surface area contributed by atoms with Crippen LogP contribution in [0, 0.1) is 6.92 Å². The lowest BCUT2D eigenvalue weighted by Gasteiger charge is -2.08. The Morgan fingerprint density at radius 3 is 2.45 bits per heavy atom. The second kappa shape index (κ2) is 2.70. The van der Waals surface area contributed by atoms with E-state index < -0.39 is 0 Å². The van der Waals surface area contributed by atoms with Gasteiger partial charge in [0.1, 0.15) is 5.75 Å². The molecule has 0 aromatic heterocycles. The van der Waals surface area contributed by atoms with Crippen LogP contribution in [0.15, 0.2) is 12.1 Å². The van der Waals surface area contributed by atoms with Crippen molar-refractivity contribution >= 4 is 11.4 Å². The van der Waals surface area contributed by atoms with Gasteiger partial charge >= 0.3 is 0 Å². The van der Waals surface area contributed by atoms with Crippen molar-refractivity contribution in [3.05, 3.63) is 17.7 Å². The second-order valence-electron chi connectivity index (χ2n) is 2.40. The highest BCUT2D eigenvalue weighted by Gasteiger charge is 2.03. The molecule has 0 saturated carbocycles. The first-order chi connectivity index (χ1) is 5.16. The highest BCUT2D eigenvalue weighted by atomic mass is 16.5. The van der Waals surface area contributed by atoms with Crippen molar-refractivity contribution in [2.75, 3.05) is 18.6 Å². The van der Waals surface area contributed by atoms with Gasteiger partial charge in [-0.05, 0) is 24.6 Å². The molecule has 60 valence electrons. The molecular formula is C8H12N2O. The Morgan fingerprint density at radius 2 is 1.91 bits per heavy atom. The van der Waals surface area contributed by atoms with Crippen molar-refractivity contribution in [3.8, 4) is 5.75 Å². The van der Waals surface area contributed by atoms with E-state index in [-0.39, 0.29) is 0 Å². The van der Waals surface area contributed by atoms with Crippen LogP contribution in [-0.2, 0) is 0 Å². The summed E-state index contributed by atoms with van der Waals surface area (Å²) in [7, 11) is 1.58. The summed E-state index contributed by atoms with van der Waals surface area (Å²) in [6, 6.07) is 3.54. The van der Waals surface area contributed by atoms with Gasteiger partial charge in [0.2, 0.25) is 0 Å². The summed E-state index contributed by atoms with van der Waals surface area (Å²) in [4.78, 5) is 0. The summed E-state index contributed by atoms with van der Waals surface area (Å²) in [5.74, 6) is 0.678. The lowest BCUT2D eigenvalue weighted by atomic mass is 10.1. The maximum Gasteiger partial charge on any atom is 0.142 e. The van der Waals surface area contributed by atoms with E-state index in [1.165, 1.54) is 0 Å². The summed E-state index contributed by atoms with van der Waals surface area (Å²) in [6.45, 7) is 1.87. The molecule has 0 heterocycles. The number of nitrogens with two attached hydrogens (primary N) is 2. The smallest absolute Gasteiger partial charge is 0.142 e. The first-order valence-corrected chi connectivity index (χ1v) is 3.35. The van der Waals surface area contributed by atoms with Gasteiger partial charge in [0.15, 0.2) is 0 Å². The van der Waals surface area contributed by atoms with Crippen LogP contribution in [0.3, 0.4) is 0 Å². The van der Waals surface area contributed by atoms with Crippen molar-refractivity contribution in [2.45, 2.75) is 6.92 Å². The van der Waals surface area contributed by atoms with Gasteiger partial charge in [0, 0.05) is 5.69 Å². The Hall–Kier alpha value is -1.38. The first kappa shape index (κ1) is 7.72. The van der Waals surface area contributed by atoms with Crippen LogP contribution in [0.5, 0.6) is 5.75 Å². The molecule has 1 rings (SSSR count). The number of benzene rings is 1. The Morgan fingerprint density at radius 1 is 1.27 bits per heavy atom. The number of hydrogen-bond donors (Lipinski definition) is 2. The molecule has 1 aromatic rings. The topological polar surface area (TPSA) is 61.3 Å². The zero-order valence-electron chi connectivity index (χ0n) is 6.72. The molecule has 11 heavy (non-hydrogen) atoms. The van der Waals surface area contributed by atoms with Gasteiger partial charge in [-0.1, -0.05) is 0 Å². The fourth-order valence-corrected chi connectivity index (χ4v) is 0.899. The molecule has 0 atom stereocenters. The van der Waals surface area contributed by atoms with E-state index in [4.69, 9.17) is 16.2 Å². The number of rotatable bonds is 1. The molecule has 1 aromatic carbocycles. The van der Waals surface area contributed by atoms with E-state index in [0.717, 1.165) is 5.56 Å². The molecule has 0 unspecified atom stereocenters. The van der Waals surface area contributed by atoms with E-state index >= 15 is 0 Å². The van der Waals surface area contributed by atoms with Gasteiger partial charge in [-0.25, -0.2) is 0 Å². The second-order valence-corrected chi connectivity index (χ2v) is 2.40. The molecule has 0 fully saturated rings. The highest BCUT2D eigenvalue weighted by molar-refractivity contribution is 5.67. The van der Waals surface area contributed by atoms with Crippen molar-refractivity contribution in [2.24, 2.45) is 0 Å². The molecule has 0 amide bonds. The van der Waals surface area contributed by atoms with Crippen LogP contribution in [0.1, 0.15) is 5.56 Å². The van der Waals surface area contributed by atoms with Gasteiger partial charge in [-0.2, -0.15) is 0 Å². The summed E-state index contributed by atoms with van der Waals surface area (Å²) in [5, 5.41) is 0. The number of ether oxygens (including phenoxy) is 1. The van der Waals surface area contributed by atoms with Crippen LogP contribution in [0.25, 0.3) is 0 Å². The Bertz CT molecular complexity index is 271. The predicted molar refractivity (Wildman–Crippen MR) is 46.6 cm³/mol. The molecule has 0 radical (unpaired) electrons. The number of anilines is 2. The molecule has 3 nitrogen and oxygen atoms in total. The third-order valence-corrected chi connectivity index (χ3v) is 1.74. The van der Waals surface area contributed by atoms with E-state index in [0.29, 0.717) is 17.1 Å². The number of nitrogen functional groups attached to an aromatic ring is 2. The van der Waals surface area contributed by atoms with Gasteiger partial charge in [0.05, 0.1) is 12.8 Å². The van der Waals surface area contributed by atoms with Crippen LogP contribution >= 0.6 is 0 Å². The van der Waals surface area contributed by atoms with Crippen LogP contribution < -0.4 is 16.2 Å². The van der Waals surface area contributed by atoms with E-state index in [9.17, 15) is 0 Å². The zero-order chi connectivity index (χ0) is 8.43. The number of methoxy groups -OCH3 is 1. The van der Waals surface area contributed by atoms with Crippen LogP contribution in [0.2, 0.25) is 0 Å². The molecule has 0 aliphatic carbocycles. The lowest BCUT2D eigenvalue weighted by Crippen LogP contribution is -1.98. The van der Waals surface area contributed by atoms with E-state index in [2.05, 4.69) is 0 Å². The monoisotopic (exact) mass is 152 g/mol. The van der Waals surface area contributed by atoms with Gasteiger partial charge in [-0.3, -0.25) is 0 Å². The Balaban J connectivity index is 3.25. The summed E-state index contributed by atoms with van der Waals surface area (Å²) in [6.07, 6.45) is 0. The average molecular weight is 152 g/mol. The number of hydrogen-bond acceptors (Lipinski definition) is 3. The summed E-state index contributed by atoms with van der Waals surface area (Å²) >= 11 is 0. The normalized spacial score (nSPS) is 9.64. The maximum absolute atomic E-state index is 5.69. The van der Waals surface area contributed by atoms with Crippen LogP contribution in [-0.4, -0.2) is 7.11 Å². The van der Waals surface area contributed by atoms with Crippen molar-refractivity contribution in [1.82, 2.24) is 0 Å². The molecule has 0 aliphatic rings. The largest absolute Gasteiger partial charge is 0.495 e. The zero-order valence-corrected chi connectivity index (χ0v) is 6.72. The van der Waals surface area contributed by atoms with Crippen LogP contribution in [0.4, 0.5) is 11.4 Å². The van der Waals surface area contributed by atoms with Gasteiger partial charge in [-0.15, -0.1) is 0 Å². The maximum atomic E-state index is 5.69. The quantitative estimate of drug-likeness (QED) is 0.594. The van der Waals surface area contributed by atoms with Gasteiger partial charge < -0.3 is 16.2 Å². The van der Waals surface area contributed by atoms with E-state index in [1.54, 1.807) is 19.2 Å². The minimum absolute atomic E-state index is 0.618. The molecule has 0 saturated heterocycles. The lowest BCUT2D eigenvalue weighted by molar-refractivity contribution is 0.417. The minimum atomic E-state index is 0.618. The summed E-state index contributed by atoms with van der Waals surface area (Å²) < 4.78 is 5.00. The fraction of sp³-hybridized carbons (Fsp3) is 0.250. The molecular weight excluding hydrogens is 140 g/mol. The predicted octanol–water partition coefficient (Wildman–Crippen LogP) is 1.17. The van der Waals surface area contributed by atoms with Crippen molar-refractivity contribution in [1.29, 1.82) is 0 Å². The first-order valence-electron chi connectivity index (χ1n) is 3.35. The minimum Gasteiger partial charge on any atom is -0.495 e. The third kappa shape index (κ3) is 1.22.